The molecule has 206 valence electrons. The Bertz CT molecular complexity index is 1250. The normalized spacial score (nSPS) is 19.9. The molecule has 39 heavy (non-hydrogen) atoms. The minimum Gasteiger partial charge on any atom is -0.465 e. The lowest BCUT2D eigenvalue weighted by molar-refractivity contribution is 0.0767. The van der Waals surface area contributed by atoms with Gasteiger partial charge < -0.3 is 35.0 Å². The lowest BCUT2D eigenvalue weighted by atomic mass is 9.78. The number of nitrogens with zero attached hydrogens (tertiary/aromatic N) is 6. The topological polar surface area (TPSA) is 158 Å². The smallest absolute Gasteiger partial charge is 0.410 e. The molecule has 1 saturated carbocycles. The Kier molecular flexibility index (Phi) is 7.70. The van der Waals surface area contributed by atoms with Crippen LogP contribution in [0.2, 0.25) is 0 Å². The van der Waals surface area contributed by atoms with E-state index in [1.165, 1.54) is 4.90 Å². The Labute approximate surface area is 226 Å². The van der Waals surface area contributed by atoms with Crippen LogP contribution in [0.3, 0.4) is 0 Å². The van der Waals surface area contributed by atoms with Gasteiger partial charge in [0.15, 0.2) is 0 Å². The summed E-state index contributed by atoms with van der Waals surface area (Å²) in [5.74, 6) is 0.653. The molecule has 2 fully saturated rings. The molecule has 0 bridgehead atoms. The van der Waals surface area contributed by atoms with Gasteiger partial charge in [-0.1, -0.05) is 30.3 Å². The lowest BCUT2D eigenvalue weighted by Gasteiger charge is -2.41. The van der Waals surface area contributed by atoms with E-state index in [0.29, 0.717) is 44.1 Å². The van der Waals surface area contributed by atoms with E-state index in [-0.39, 0.29) is 32.2 Å². The molecule has 12 heteroatoms. The molecule has 1 aromatic heterocycles. The molecule has 2 aliphatic heterocycles. The van der Waals surface area contributed by atoms with Crippen LogP contribution >= 0.6 is 0 Å². The first-order valence-electron chi connectivity index (χ1n) is 13.2. The zero-order chi connectivity index (χ0) is 27.4. The van der Waals surface area contributed by atoms with Gasteiger partial charge in [-0.2, -0.15) is 15.2 Å². The molecule has 2 aromatic rings. The summed E-state index contributed by atoms with van der Waals surface area (Å²) in [6, 6.07) is 11.4. The van der Waals surface area contributed by atoms with Crippen molar-refractivity contribution in [2.24, 2.45) is 5.73 Å². The van der Waals surface area contributed by atoms with Gasteiger partial charge in [0.1, 0.15) is 19.0 Å². The molecule has 3 aliphatic rings. The molecule has 1 atom stereocenters. The van der Waals surface area contributed by atoms with E-state index < -0.39 is 23.8 Å². The molecule has 0 unspecified atom stereocenters. The summed E-state index contributed by atoms with van der Waals surface area (Å²) in [6.45, 7) is 2.10. The summed E-state index contributed by atoms with van der Waals surface area (Å²) in [7, 11) is 0. The molecule has 2 amide bonds. The maximum Gasteiger partial charge on any atom is 0.410 e. The molecule has 3 N–H and O–H groups in total. The standard InChI is InChI=1S/C27H33N7O5/c28-11-7-20-15-32(13-14-34(20)26(37)38-17-19-5-2-1-3-6-19)23-21-8-12-33(25(35)36)16-22(21)30-24(31-23)39-18-27(29)9-4-10-27/h1-3,5-6,20H,4,7-10,12-18,29H2,(H,35,36)/t20-/m0/s1. The fraction of sp³-hybridized carbons (Fsp3) is 0.519. The lowest BCUT2D eigenvalue weighted by Crippen LogP contribution is -2.56. The van der Waals surface area contributed by atoms with Gasteiger partial charge in [0, 0.05) is 31.7 Å². The fourth-order valence-electron chi connectivity index (χ4n) is 5.23. The van der Waals surface area contributed by atoms with Crippen LogP contribution in [0.4, 0.5) is 15.4 Å². The number of benzene rings is 1. The van der Waals surface area contributed by atoms with Crippen LogP contribution in [0, 0.1) is 11.3 Å². The second-order valence-electron chi connectivity index (χ2n) is 10.4. The molecule has 12 nitrogen and oxygen atoms in total. The number of carbonyl (C=O) groups excluding carboxylic acids is 1. The molecule has 3 heterocycles. The molecule has 0 spiro atoms. The van der Waals surface area contributed by atoms with Crippen LogP contribution in [0.25, 0.3) is 0 Å². The van der Waals surface area contributed by atoms with E-state index in [1.54, 1.807) is 4.90 Å². The predicted molar refractivity (Wildman–Crippen MR) is 140 cm³/mol. The Morgan fingerprint density at radius 3 is 2.67 bits per heavy atom. The summed E-state index contributed by atoms with van der Waals surface area (Å²) in [5, 5.41) is 19.0. The first-order chi connectivity index (χ1) is 18.8. The summed E-state index contributed by atoms with van der Waals surface area (Å²) in [5.41, 5.74) is 8.29. The van der Waals surface area contributed by atoms with Gasteiger partial charge in [-0.25, -0.2) is 9.59 Å². The first-order valence-corrected chi connectivity index (χ1v) is 13.2. The van der Waals surface area contributed by atoms with E-state index >= 15 is 0 Å². The third-order valence-electron chi connectivity index (χ3n) is 7.68. The fourth-order valence-corrected chi connectivity index (χ4v) is 5.23. The van der Waals surface area contributed by atoms with Crippen LogP contribution in [0.1, 0.15) is 42.5 Å². The Balaban J connectivity index is 1.35. The highest BCUT2D eigenvalue weighted by Crippen LogP contribution is 2.33. The first kappa shape index (κ1) is 26.5. The number of carbonyl (C=O) groups is 2. The monoisotopic (exact) mass is 535 g/mol. The van der Waals surface area contributed by atoms with Crippen molar-refractivity contribution >= 4 is 18.0 Å². The number of piperazine rings is 1. The highest BCUT2D eigenvalue weighted by molar-refractivity contribution is 5.69. The van der Waals surface area contributed by atoms with Gasteiger partial charge in [-0.15, -0.1) is 0 Å². The van der Waals surface area contributed by atoms with Crippen LogP contribution in [0.5, 0.6) is 6.01 Å². The van der Waals surface area contributed by atoms with Gasteiger partial charge in [-0.05, 0) is 31.2 Å². The van der Waals surface area contributed by atoms with Crippen molar-refractivity contribution in [3.05, 3.63) is 47.2 Å². The Morgan fingerprint density at radius 1 is 1.18 bits per heavy atom. The van der Waals surface area contributed by atoms with Crippen molar-refractivity contribution in [3.63, 3.8) is 0 Å². The van der Waals surface area contributed by atoms with E-state index in [4.69, 9.17) is 20.2 Å². The number of nitriles is 1. The van der Waals surface area contributed by atoms with Crippen LogP contribution in [0.15, 0.2) is 30.3 Å². The number of amides is 2. The number of carboxylic acid groups (broad SMARTS) is 1. The summed E-state index contributed by atoms with van der Waals surface area (Å²) >= 11 is 0. The van der Waals surface area contributed by atoms with Crippen LogP contribution < -0.4 is 15.4 Å². The van der Waals surface area contributed by atoms with E-state index in [9.17, 15) is 20.0 Å². The summed E-state index contributed by atoms with van der Waals surface area (Å²) in [4.78, 5) is 38.9. The number of fused-ring (bicyclic) bond motifs is 1. The van der Waals surface area contributed by atoms with Gasteiger partial charge in [0.25, 0.3) is 0 Å². The average molecular weight is 536 g/mol. The molecule has 0 radical (unpaired) electrons. The van der Waals surface area contributed by atoms with E-state index in [2.05, 4.69) is 11.1 Å². The minimum atomic E-state index is -1.00. The van der Waals surface area contributed by atoms with Gasteiger partial charge in [0.2, 0.25) is 0 Å². The predicted octanol–water partition coefficient (Wildman–Crippen LogP) is 2.51. The second kappa shape index (κ2) is 11.3. The zero-order valence-electron chi connectivity index (χ0n) is 21.8. The number of anilines is 1. The average Bonchev–Trinajstić information content (AvgIpc) is 2.93. The number of rotatable bonds is 7. The van der Waals surface area contributed by atoms with Crippen molar-refractivity contribution in [2.45, 2.75) is 56.8 Å². The number of hydrogen-bond donors (Lipinski definition) is 2. The molecular weight excluding hydrogens is 502 g/mol. The SMILES string of the molecule is N#CC[C@H]1CN(c2nc(OCC3(N)CCC3)nc3c2CCN(C(=O)O)C3)CCN1C(=O)OCc1ccccc1. The summed E-state index contributed by atoms with van der Waals surface area (Å²) < 4.78 is 11.5. The molecule has 1 aliphatic carbocycles. The number of hydrogen-bond acceptors (Lipinski definition) is 9. The Morgan fingerprint density at radius 2 is 1.97 bits per heavy atom. The minimum absolute atomic E-state index is 0.135. The van der Waals surface area contributed by atoms with Crippen molar-refractivity contribution in [3.8, 4) is 12.1 Å². The number of nitrogens with two attached hydrogens (primary N) is 1. The van der Waals surface area contributed by atoms with Gasteiger partial charge >= 0.3 is 18.2 Å². The quantitative estimate of drug-likeness (QED) is 0.539. The molecular formula is C27H33N7O5. The number of aromatic nitrogens is 2. The third-order valence-corrected chi connectivity index (χ3v) is 7.68. The maximum absolute atomic E-state index is 13.0. The number of ether oxygens (including phenoxy) is 2. The Hall–Kier alpha value is -4.11. The van der Waals surface area contributed by atoms with Crippen molar-refractivity contribution in [2.75, 3.05) is 37.7 Å². The van der Waals surface area contributed by atoms with Gasteiger partial charge in [-0.3, -0.25) is 0 Å². The van der Waals surface area contributed by atoms with Crippen LogP contribution in [-0.2, 0) is 24.3 Å². The highest BCUT2D eigenvalue weighted by Gasteiger charge is 2.36. The largest absolute Gasteiger partial charge is 0.465 e. The van der Waals surface area contributed by atoms with E-state index in [0.717, 1.165) is 30.4 Å². The van der Waals surface area contributed by atoms with Gasteiger partial charge in [0.05, 0.1) is 36.3 Å². The van der Waals surface area contributed by atoms with Crippen molar-refractivity contribution in [1.82, 2.24) is 19.8 Å². The maximum atomic E-state index is 13.0. The molecule has 5 rings (SSSR count). The second-order valence-corrected chi connectivity index (χ2v) is 10.4. The zero-order valence-corrected chi connectivity index (χ0v) is 21.8. The van der Waals surface area contributed by atoms with Crippen molar-refractivity contribution in [1.29, 1.82) is 5.26 Å². The molecule has 1 aromatic carbocycles. The molecule has 1 saturated heterocycles. The highest BCUT2D eigenvalue weighted by atomic mass is 16.6. The van der Waals surface area contributed by atoms with E-state index in [1.807, 2.05) is 35.2 Å². The van der Waals surface area contributed by atoms with Crippen molar-refractivity contribution < 1.29 is 24.2 Å². The summed E-state index contributed by atoms with van der Waals surface area (Å²) in [6.07, 6.45) is 1.93. The third kappa shape index (κ3) is 5.98. The van der Waals surface area contributed by atoms with Crippen LogP contribution in [-0.4, -0.2) is 81.4 Å².